The Kier molecular flexibility index (Phi) is 6.00. The number of nitrogens with zero attached hydrogens (tertiary/aromatic N) is 3. The highest BCUT2D eigenvalue weighted by atomic mass is 16.6. The molecule has 0 saturated carbocycles. The number of piperidine rings is 1. The third-order valence-corrected chi connectivity index (χ3v) is 4.96. The summed E-state index contributed by atoms with van der Waals surface area (Å²) in [5.74, 6) is -0.547. The largest absolute Gasteiger partial charge is 0.482 e. The van der Waals surface area contributed by atoms with E-state index in [1.807, 2.05) is 0 Å². The van der Waals surface area contributed by atoms with Crippen molar-refractivity contribution in [3.63, 3.8) is 0 Å². The highest BCUT2D eigenvalue weighted by Crippen LogP contribution is 2.35. The molecule has 0 aromatic heterocycles. The van der Waals surface area contributed by atoms with E-state index in [0.29, 0.717) is 24.9 Å². The Morgan fingerprint density at radius 1 is 1.28 bits per heavy atom. The standard InChI is InChI=1S/C19H23N3O7/c1-12-5-13(2)8-20(7-12)17(23)10-29-19(25)9-21-15-6-14(22(26)27)3-4-16(15)28-11-18(21)24/h3-4,6,12-13H,5,7-11H2,1-2H3/t12-,13-/m1/s1. The number of esters is 1. The predicted octanol–water partition coefficient (Wildman–Crippen LogP) is 1.37. The van der Waals surface area contributed by atoms with Crippen LogP contribution in [0.15, 0.2) is 18.2 Å². The van der Waals surface area contributed by atoms with E-state index in [1.165, 1.54) is 18.2 Å². The lowest BCUT2D eigenvalue weighted by Gasteiger charge is -2.34. The molecule has 1 aromatic carbocycles. The van der Waals surface area contributed by atoms with Crippen LogP contribution in [0.4, 0.5) is 11.4 Å². The number of benzene rings is 1. The van der Waals surface area contributed by atoms with Crippen LogP contribution in [0.3, 0.4) is 0 Å². The molecule has 2 amide bonds. The van der Waals surface area contributed by atoms with Crippen molar-refractivity contribution in [1.29, 1.82) is 0 Å². The number of hydrogen-bond donors (Lipinski definition) is 0. The summed E-state index contributed by atoms with van der Waals surface area (Å²) >= 11 is 0. The van der Waals surface area contributed by atoms with E-state index >= 15 is 0 Å². The molecule has 0 bridgehead atoms. The molecule has 1 aromatic rings. The maximum atomic E-state index is 12.3. The molecule has 0 unspecified atom stereocenters. The number of amides is 2. The van der Waals surface area contributed by atoms with E-state index in [2.05, 4.69) is 13.8 Å². The maximum absolute atomic E-state index is 12.3. The fourth-order valence-corrected chi connectivity index (χ4v) is 3.75. The van der Waals surface area contributed by atoms with Gasteiger partial charge in [-0.3, -0.25) is 29.4 Å². The molecule has 0 N–H and O–H groups in total. The van der Waals surface area contributed by atoms with Gasteiger partial charge >= 0.3 is 5.97 Å². The van der Waals surface area contributed by atoms with Crippen LogP contribution >= 0.6 is 0 Å². The molecule has 0 spiro atoms. The highest BCUT2D eigenvalue weighted by Gasteiger charge is 2.30. The predicted molar refractivity (Wildman–Crippen MR) is 101 cm³/mol. The summed E-state index contributed by atoms with van der Waals surface area (Å²) in [7, 11) is 0. The van der Waals surface area contributed by atoms with Crippen LogP contribution in [0.2, 0.25) is 0 Å². The first-order valence-electron chi connectivity index (χ1n) is 9.39. The number of anilines is 1. The Bertz CT molecular complexity index is 831. The number of nitro groups is 1. The Balaban J connectivity index is 1.62. The van der Waals surface area contributed by atoms with Gasteiger partial charge in [0.2, 0.25) is 0 Å². The third kappa shape index (κ3) is 4.82. The molecule has 3 rings (SSSR count). The van der Waals surface area contributed by atoms with Gasteiger partial charge in [-0.25, -0.2) is 0 Å². The van der Waals surface area contributed by atoms with E-state index in [4.69, 9.17) is 9.47 Å². The molecule has 29 heavy (non-hydrogen) atoms. The van der Waals surface area contributed by atoms with Crippen LogP contribution in [-0.4, -0.2) is 60.5 Å². The third-order valence-electron chi connectivity index (χ3n) is 4.96. The summed E-state index contributed by atoms with van der Waals surface area (Å²) in [5.41, 5.74) is -0.110. The van der Waals surface area contributed by atoms with Gasteiger partial charge in [-0.2, -0.15) is 0 Å². The quantitative estimate of drug-likeness (QED) is 0.412. The molecule has 2 atom stereocenters. The SMILES string of the molecule is C[C@@H]1C[C@@H](C)CN(C(=O)COC(=O)CN2C(=O)COc3ccc([N+](=O)[O-])cc32)C1. The van der Waals surface area contributed by atoms with E-state index in [-0.39, 0.29) is 29.6 Å². The van der Waals surface area contributed by atoms with Crippen molar-refractivity contribution in [1.82, 2.24) is 4.90 Å². The van der Waals surface area contributed by atoms with Gasteiger partial charge in [-0.05, 0) is 24.3 Å². The van der Waals surface area contributed by atoms with Gasteiger partial charge in [-0.15, -0.1) is 0 Å². The number of likely N-dealkylation sites (tertiary alicyclic amines) is 1. The van der Waals surface area contributed by atoms with Gasteiger partial charge in [0.15, 0.2) is 13.2 Å². The summed E-state index contributed by atoms with van der Waals surface area (Å²) < 4.78 is 10.3. The van der Waals surface area contributed by atoms with Gasteiger partial charge in [0, 0.05) is 25.2 Å². The number of fused-ring (bicyclic) bond motifs is 1. The van der Waals surface area contributed by atoms with Gasteiger partial charge in [0.05, 0.1) is 10.6 Å². The average molecular weight is 405 g/mol. The molecule has 1 fully saturated rings. The zero-order chi connectivity index (χ0) is 21.1. The first-order chi connectivity index (χ1) is 13.7. The summed E-state index contributed by atoms with van der Waals surface area (Å²) in [6.45, 7) is 4.24. The molecule has 156 valence electrons. The monoisotopic (exact) mass is 405 g/mol. The average Bonchev–Trinajstić information content (AvgIpc) is 2.67. The van der Waals surface area contributed by atoms with E-state index in [0.717, 1.165) is 11.3 Å². The zero-order valence-electron chi connectivity index (χ0n) is 16.3. The van der Waals surface area contributed by atoms with Crippen molar-refractivity contribution in [2.24, 2.45) is 11.8 Å². The number of rotatable bonds is 5. The number of ether oxygens (including phenoxy) is 2. The molecule has 2 aliphatic heterocycles. The molecule has 2 aliphatic rings. The summed E-state index contributed by atoms with van der Waals surface area (Å²) in [6.07, 6.45) is 1.05. The highest BCUT2D eigenvalue weighted by molar-refractivity contribution is 6.01. The van der Waals surface area contributed by atoms with Crippen LogP contribution in [0, 0.1) is 22.0 Å². The fourth-order valence-electron chi connectivity index (χ4n) is 3.75. The number of non-ortho nitro benzene ring substituents is 1. The van der Waals surface area contributed by atoms with Crippen molar-refractivity contribution < 1.29 is 28.8 Å². The van der Waals surface area contributed by atoms with Crippen molar-refractivity contribution >= 4 is 29.2 Å². The van der Waals surface area contributed by atoms with Crippen molar-refractivity contribution in [2.45, 2.75) is 20.3 Å². The van der Waals surface area contributed by atoms with Gasteiger partial charge < -0.3 is 14.4 Å². The minimum atomic E-state index is -0.774. The Morgan fingerprint density at radius 2 is 1.97 bits per heavy atom. The minimum absolute atomic E-state index is 0.123. The number of nitro benzene ring substituents is 1. The van der Waals surface area contributed by atoms with Gasteiger partial charge in [-0.1, -0.05) is 13.8 Å². The number of hydrogen-bond acceptors (Lipinski definition) is 7. The molecular weight excluding hydrogens is 382 g/mol. The molecule has 0 radical (unpaired) electrons. The maximum Gasteiger partial charge on any atom is 0.326 e. The van der Waals surface area contributed by atoms with Crippen LogP contribution in [0.1, 0.15) is 20.3 Å². The van der Waals surface area contributed by atoms with E-state index < -0.39 is 30.0 Å². The zero-order valence-corrected chi connectivity index (χ0v) is 16.3. The van der Waals surface area contributed by atoms with Gasteiger partial charge in [0.25, 0.3) is 17.5 Å². The number of carbonyl (C=O) groups excluding carboxylic acids is 3. The normalized spacial score (nSPS) is 21.2. The van der Waals surface area contributed by atoms with Crippen molar-refractivity contribution in [3.8, 4) is 5.75 Å². The second-order valence-corrected chi connectivity index (χ2v) is 7.58. The van der Waals surface area contributed by atoms with Crippen LogP contribution < -0.4 is 9.64 Å². The fraction of sp³-hybridized carbons (Fsp3) is 0.526. The molecule has 0 aliphatic carbocycles. The van der Waals surface area contributed by atoms with E-state index in [1.54, 1.807) is 4.90 Å². The van der Waals surface area contributed by atoms with Gasteiger partial charge in [0.1, 0.15) is 12.3 Å². The molecule has 10 nitrogen and oxygen atoms in total. The second-order valence-electron chi connectivity index (χ2n) is 7.58. The minimum Gasteiger partial charge on any atom is -0.482 e. The number of carbonyl (C=O) groups is 3. The van der Waals surface area contributed by atoms with E-state index in [9.17, 15) is 24.5 Å². The lowest BCUT2D eigenvalue weighted by atomic mass is 9.92. The lowest BCUT2D eigenvalue weighted by Crippen LogP contribution is -2.45. The first kappa shape index (κ1) is 20.6. The van der Waals surface area contributed by atoms with Crippen LogP contribution in [-0.2, 0) is 19.1 Å². The molecule has 10 heteroatoms. The summed E-state index contributed by atoms with van der Waals surface area (Å²) in [4.78, 5) is 49.9. The molecule has 1 saturated heterocycles. The molecule has 2 heterocycles. The first-order valence-corrected chi connectivity index (χ1v) is 9.39. The lowest BCUT2D eigenvalue weighted by molar-refractivity contribution is -0.384. The summed E-state index contributed by atoms with van der Waals surface area (Å²) in [6, 6.07) is 3.80. The van der Waals surface area contributed by atoms with Crippen LogP contribution in [0.25, 0.3) is 0 Å². The Morgan fingerprint density at radius 3 is 2.62 bits per heavy atom. The van der Waals surface area contributed by atoms with Crippen LogP contribution in [0.5, 0.6) is 5.75 Å². The van der Waals surface area contributed by atoms with Crippen molar-refractivity contribution in [2.75, 3.05) is 37.7 Å². The topological polar surface area (TPSA) is 119 Å². The van der Waals surface area contributed by atoms with Crippen molar-refractivity contribution in [3.05, 3.63) is 28.3 Å². The molecular formula is C19H23N3O7. The smallest absolute Gasteiger partial charge is 0.326 e. The Hall–Kier alpha value is -3.17. The second kappa shape index (κ2) is 8.46. The summed E-state index contributed by atoms with van der Waals surface area (Å²) in [5, 5.41) is 11.0. The Labute approximate surface area is 167 Å².